The Morgan fingerprint density at radius 2 is 2.17 bits per heavy atom. The van der Waals surface area contributed by atoms with Crippen molar-refractivity contribution in [3.8, 4) is 0 Å². The lowest BCUT2D eigenvalue weighted by Crippen LogP contribution is -2.31. The molecule has 1 aliphatic heterocycles. The van der Waals surface area contributed by atoms with Gasteiger partial charge in [0, 0.05) is 12.7 Å². The number of benzene rings is 1. The molecule has 2 aromatic rings. The van der Waals surface area contributed by atoms with Gasteiger partial charge in [-0.15, -0.1) is 0 Å². The monoisotopic (exact) mass is 361 g/mol. The summed E-state index contributed by atoms with van der Waals surface area (Å²) in [5, 5.41) is 4.31. The molecule has 5 nitrogen and oxygen atoms in total. The van der Waals surface area contributed by atoms with Crippen LogP contribution in [0.4, 0.5) is 11.5 Å². The number of nitrogens with zero attached hydrogens (tertiary/aromatic N) is 4. The first-order valence-corrected chi connectivity index (χ1v) is 8.34. The number of anilines is 1. The molecule has 0 aliphatic carbocycles. The number of rotatable bonds is 5. The van der Waals surface area contributed by atoms with Crippen molar-refractivity contribution in [2.75, 3.05) is 25.0 Å². The van der Waals surface area contributed by atoms with Gasteiger partial charge in [-0.05, 0) is 30.7 Å². The van der Waals surface area contributed by atoms with Gasteiger partial charge in [-0.1, -0.05) is 35.3 Å². The highest BCUT2D eigenvalue weighted by Gasteiger charge is 2.15. The van der Waals surface area contributed by atoms with E-state index in [9.17, 15) is 0 Å². The molecule has 7 heteroatoms. The predicted molar refractivity (Wildman–Crippen MR) is 101 cm³/mol. The molecule has 0 atom stereocenters. The number of amidine groups is 1. The number of hydrogen-bond acceptors (Lipinski definition) is 4. The molecule has 0 unspecified atom stereocenters. The van der Waals surface area contributed by atoms with Gasteiger partial charge in [0.05, 0.1) is 35.2 Å². The van der Waals surface area contributed by atoms with Gasteiger partial charge in [0.2, 0.25) is 0 Å². The first-order chi connectivity index (χ1) is 11.6. The summed E-state index contributed by atoms with van der Waals surface area (Å²) < 4.78 is 0. The van der Waals surface area contributed by atoms with Crippen molar-refractivity contribution in [3.05, 3.63) is 52.1 Å². The predicted octanol–water partition coefficient (Wildman–Crippen LogP) is 4.18. The van der Waals surface area contributed by atoms with Crippen LogP contribution in [0.15, 0.2) is 46.5 Å². The summed E-state index contributed by atoms with van der Waals surface area (Å²) in [4.78, 5) is 15.3. The molecule has 2 heterocycles. The maximum atomic E-state index is 6.19. The average molecular weight is 362 g/mol. The molecule has 124 valence electrons. The molecule has 3 rings (SSSR count). The highest BCUT2D eigenvalue weighted by atomic mass is 35.5. The van der Waals surface area contributed by atoms with Crippen molar-refractivity contribution in [3.63, 3.8) is 0 Å². The first-order valence-electron chi connectivity index (χ1n) is 7.59. The molecule has 0 fully saturated rings. The number of hydrogen-bond donors (Lipinski definition) is 1. The number of aliphatic imine (C=N–C) groups is 2. The Balaban J connectivity index is 1.66. The second kappa shape index (κ2) is 7.64. The van der Waals surface area contributed by atoms with Gasteiger partial charge in [0.15, 0.2) is 5.82 Å². The summed E-state index contributed by atoms with van der Waals surface area (Å²) >= 11 is 12.2. The highest BCUT2D eigenvalue weighted by Crippen LogP contribution is 2.29. The zero-order valence-electron chi connectivity index (χ0n) is 13.2. The van der Waals surface area contributed by atoms with Crippen LogP contribution in [0.3, 0.4) is 0 Å². The molecule has 1 N–H and O–H groups in total. The number of nitrogens with one attached hydrogen (secondary N) is 1. The fourth-order valence-electron chi connectivity index (χ4n) is 2.34. The molecule has 0 radical (unpaired) electrons. The van der Waals surface area contributed by atoms with Crippen LogP contribution < -0.4 is 5.32 Å². The van der Waals surface area contributed by atoms with Crippen molar-refractivity contribution in [2.45, 2.75) is 6.92 Å². The van der Waals surface area contributed by atoms with Crippen LogP contribution in [0.5, 0.6) is 0 Å². The minimum atomic E-state index is 0.516. The van der Waals surface area contributed by atoms with E-state index in [0.717, 1.165) is 36.0 Å². The molecule has 0 amide bonds. The Morgan fingerprint density at radius 1 is 1.29 bits per heavy atom. The second-order valence-corrected chi connectivity index (χ2v) is 6.12. The number of halogens is 2. The third kappa shape index (κ3) is 3.86. The first kappa shape index (κ1) is 16.7. The van der Waals surface area contributed by atoms with Gasteiger partial charge >= 0.3 is 0 Å². The SMILES string of the molecule is Cc1cccnc1N=CN1CCN=C1CNc1cccc(Cl)c1Cl. The van der Waals surface area contributed by atoms with E-state index in [2.05, 4.69) is 20.3 Å². The van der Waals surface area contributed by atoms with E-state index in [1.165, 1.54) is 0 Å². The van der Waals surface area contributed by atoms with Crippen LogP contribution in [0.25, 0.3) is 0 Å². The van der Waals surface area contributed by atoms with Crippen LogP contribution in [0.2, 0.25) is 10.0 Å². The molecular weight excluding hydrogens is 345 g/mol. The van der Waals surface area contributed by atoms with Crippen LogP contribution in [0, 0.1) is 6.92 Å². The lowest BCUT2D eigenvalue weighted by atomic mass is 10.3. The lowest BCUT2D eigenvalue weighted by molar-refractivity contribution is 0.677. The van der Waals surface area contributed by atoms with E-state index in [-0.39, 0.29) is 0 Å². The van der Waals surface area contributed by atoms with Crippen molar-refractivity contribution < 1.29 is 0 Å². The summed E-state index contributed by atoms with van der Waals surface area (Å²) in [5.41, 5.74) is 1.83. The maximum absolute atomic E-state index is 6.19. The number of aryl methyl sites for hydroxylation is 1. The molecule has 1 aromatic carbocycles. The Kier molecular flexibility index (Phi) is 5.33. The molecule has 0 saturated heterocycles. The molecule has 0 saturated carbocycles. The minimum absolute atomic E-state index is 0.516. The summed E-state index contributed by atoms with van der Waals surface area (Å²) in [6.07, 6.45) is 3.52. The Labute approximate surface area is 151 Å². The Morgan fingerprint density at radius 3 is 3.00 bits per heavy atom. The summed E-state index contributed by atoms with van der Waals surface area (Å²) in [6, 6.07) is 9.39. The van der Waals surface area contributed by atoms with Crippen LogP contribution in [0.1, 0.15) is 5.56 Å². The third-order valence-corrected chi connectivity index (χ3v) is 4.48. The molecule has 24 heavy (non-hydrogen) atoms. The van der Waals surface area contributed by atoms with Gasteiger partial charge < -0.3 is 10.2 Å². The highest BCUT2D eigenvalue weighted by molar-refractivity contribution is 6.43. The van der Waals surface area contributed by atoms with Crippen LogP contribution in [-0.2, 0) is 0 Å². The topological polar surface area (TPSA) is 52.9 Å². The summed E-state index contributed by atoms with van der Waals surface area (Å²) in [7, 11) is 0. The molecule has 0 bridgehead atoms. The van der Waals surface area contributed by atoms with Gasteiger partial charge in [-0.3, -0.25) is 4.99 Å². The van der Waals surface area contributed by atoms with Crippen molar-refractivity contribution in [1.82, 2.24) is 9.88 Å². The van der Waals surface area contributed by atoms with E-state index in [4.69, 9.17) is 23.2 Å². The van der Waals surface area contributed by atoms with Crippen LogP contribution in [-0.4, -0.2) is 41.7 Å². The fraction of sp³-hybridized carbons (Fsp3) is 0.235. The Hall–Kier alpha value is -2.11. The number of pyridine rings is 1. The molecule has 1 aromatic heterocycles. The summed E-state index contributed by atoms with van der Waals surface area (Å²) in [6.45, 7) is 4.08. The smallest absolute Gasteiger partial charge is 0.156 e. The van der Waals surface area contributed by atoms with Gasteiger partial charge in [0.1, 0.15) is 5.84 Å². The van der Waals surface area contributed by atoms with Crippen molar-refractivity contribution in [2.24, 2.45) is 9.98 Å². The quantitative estimate of drug-likeness (QED) is 0.641. The van der Waals surface area contributed by atoms with Gasteiger partial charge in [-0.25, -0.2) is 9.98 Å². The van der Waals surface area contributed by atoms with Gasteiger partial charge in [-0.2, -0.15) is 0 Å². The van der Waals surface area contributed by atoms with Crippen molar-refractivity contribution >= 4 is 46.9 Å². The number of aromatic nitrogens is 1. The lowest BCUT2D eigenvalue weighted by Gasteiger charge is -2.16. The molecular formula is C17H17Cl2N5. The summed E-state index contributed by atoms with van der Waals surface area (Å²) in [5.74, 6) is 1.62. The van der Waals surface area contributed by atoms with E-state index in [1.807, 2.05) is 36.1 Å². The van der Waals surface area contributed by atoms with Gasteiger partial charge in [0.25, 0.3) is 0 Å². The van der Waals surface area contributed by atoms with E-state index in [0.29, 0.717) is 16.6 Å². The average Bonchev–Trinajstić information content (AvgIpc) is 3.03. The third-order valence-electron chi connectivity index (χ3n) is 3.66. The normalized spacial score (nSPS) is 14.3. The van der Waals surface area contributed by atoms with E-state index in [1.54, 1.807) is 18.6 Å². The fourth-order valence-corrected chi connectivity index (χ4v) is 2.71. The Bertz CT molecular complexity index is 788. The van der Waals surface area contributed by atoms with Crippen molar-refractivity contribution in [1.29, 1.82) is 0 Å². The minimum Gasteiger partial charge on any atom is -0.377 e. The van der Waals surface area contributed by atoms with Crippen LogP contribution >= 0.6 is 23.2 Å². The zero-order valence-corrected chi connectivity index (χ0v) is 14.7. The molecule has 0 spiro atoms. The second-order valence-electron chi connectivity index (χ2n) is 5.33. The standard InChI is InChI=1S/C17H17Cl2N5/c1-12-4-3-7-21-17(12)23-11-24-9-8-20-15(24)10-22-14-6-2-5-13(18)16(14)19/h2-7,11,22H,8-10H2,1H3. The van der Waals surface area contributed by atoms with E-state index < -0.39 is 0 Å². The largest absolute Gasteiger partial charge is 0.377 e. The van der Waals surface area contributed by atoms with E-state index >= 15 is 0 Å². The maximum Gasteiger partial charge on any atom is 0.156 e. The molecule has 1 aliphatic rings. The zero-order chi connectivity index (χ0) is 16.9.